The van der Waals surface area contributed by atoms with Gasteiger partial charge in [0, 0.05) is 24.5 Å². The van der Waals surface area contributed by atoms with Crippen molar-refractivity contribution in [2.45, 2.75) is 12.5 Å². The highest BCUT2D eigenvalue weighted by Crippen LogP contribution is 2.50. The van der Waals surface area contributed by atoms with Crippen LogP contribution in [0.5, 0.6) is 0 Å². The third kappa shape index (κ3) is 0.400. The highest BCUT2D eigenvalue weighted by atomic mass is 15.2. The molecule has 0 unspecified atom stereocenters. The largest absolute Gasteiger partial charge is 0.327 e. The number of likely N-dealkylation sites (tertiary alicyclic amines) is 1. The quantitative estimate of drug-likeness (QED) is 0.464. The van der Waals surface area contributed by atoms with Crippen LogP contribution in [0, 0.1) is 5.41 Å². The lowest BCUT2D eigenvalue weighted by molar-refractivity contribution is 0.109. The zero-order valence-electron chi connectivity index (χ0n) is 5.22. The minimum Gasteiger partial charge on any atom is -0.327 e. The van der Waals surface area contributed by atoms with Gasteiger partial charge in [0.05, 0.1) is 0 Å². The third-order valence-electron chi connectivity index (χ3n) is 2.42. The number of nitrogens with two attached hydrogens (primary N) is 1. The van der Waals surface area contributed by atoms with Gasteiger partial charge in [0.25, 0.3) is 0 Å². The monoisotopic (exact) mass is 112 g/mol. The molecule has 0 bridgehead atoms. The smallest absolute Gasteiger partial charge is 0.0127 e. The predicted octanol–water partition coefficient (Wildman–Crippen LogP) is -0.351. The SMILES string of the molecule is CN1CC2(C[C@@H]2N)C1. The molecule has 1 saturated heterocycles. The van der Waals surface area contributed by atoms with Gasteiger partial charge in [-0.15, -0.1) is 0 Å². The first-order valence-corrected chi connectivity index (χ1v) is 3.17. The fraction of sp³-hybridized carbons (Fsp3) is 1.00. The first-order valence-electron chi connectivity index (χ1n) is 3.17. The van der Waals surface area contributed by atoms with Gasteiger partial charge in [0.2, 0.25) is 0 Å². The van der Waals surface area contributed by atoms with Gasteiger partial charge in [0.1, 0.15) is 0 Å². The van der Waals surface area contributed by atoms with Crippen molar-refractivity contribution in [1.82, 2.24) is 4.90 Å². The summed E-state index contributed by atoms with van der Waals surface area (Å²) in [5.74, 6) is 0. The Balaban J connectivity index is 1.96. The van der Waals surface area contributed by atoms with Crippen molar-refractivity contribution in [3.63, 3.8) is 0 Å². The van der Waals surface area contributed by atoms with E-state index >= 15 is 0 Å². The Morgan fingerprint density at radius 1 is 1.62 bits per heavy atom. The van der Waals surface area contributed by atoms with Crippen LogP contribution >= 0.6 is 0 Å². The van der Waals surface area contributed by atoms with Crippen LogP contribution in [0.2, 0.25) is 0 Å². The predicted molar refractivity (Wildman–Crippen MR) is 32.5 cm³/mol. The van der Waals surface area contributed by atoms with Gasteiger partial charge in [-0.1, -0.05) is 0 Å². The molecule has 0 amide bonds. The molecule has 0 aromatic carbocycles. The molecule has 8 heavy (non-hydrogen) atoms. The molecule has 1 saturated carbocycles. The Hall–Kier alpha value is -0.0800. The summed E-state index contributed by atoms with van der Waals surface area (Å²) < 4.78 is 0. The highest BCUT2D eigenvalue weighted by molar-refractivity contribution is 5.14. The van der Waals surface area contributed by atoms with E-state index in [4.69, 9.17) is 5.73 Å². The van der Waals surface area contributed by atoms with E-state index in [2.05, 4.69) is 11.9 Å². The number of nitrogens with zero attached hydrogens (tertiary/aromatic N) is 1. The molecule has 1 spiro atoms. The van der Waals surface area contributed by atoms with Crippen LogP contribution in [0.15, 0.2) is 0 Å². The molecule has 1 atom stereocenters. The number of hydrogen-bond donors (Lipinski definition) is 1. The Bertz CT molecular complexity index is 116. The van der Waals surface area contributed by atoms with Crippen LogP contribution in [0.4, 0.5) is 0 Å². The third-order valence-corrected chi connectivity index (χ3v) is 2.42. The summed E-state index contributed by atoms with van der Waals surface area (Å²) in [6, 6.07) is 0.540. The van der Waals surface area contributed by atoms with E-state index in [0.29, 0.717) is 11.5 Å². The summed E-state index contributed by atoms with van der Waals surface area (Å²) in [7, 11) is 2.15. The minimum atomic E-state index is 0.540. The summed E-state index contributed by atoms with van der Waals surface area (Å²) >= 11 is 0. The van der Waals surface area contributed by atoms with E-state index in [1.165, 1.54) is 19.5 Å². The van der Waals surface area contributed by atoms with Crippen molar-refractivity contribution in [1.29, 1.82) is 0 Å². The maximum atomic E-state index is 5.70. The zero-order valence-corrected chi connectivity index (χ0v) is 5.22. The van der Waals surface area contributed by atoms with Gasteiger partial charge in [-0.05, 0) is 13.5 Å². The van der Waals surface area contributed by atoms with E-state index in [9.17, 15) is 0 Å². The molecule has 46 valence electrons. The fourth-order valence-electron chi connectivity index (χ4n) is 1.77. The molecule has 1 aliphatic carbocycles. The van der Waals surface area contributed by atoms with Crippen LogP contribution < -0.4 is 5.73 Å². The standard InChI is InChI=1S/C6H12N2/c1-8-3-6(4-8)2-5(6)7/h5H,2-4,7H2,1H3/t5-/m0/s1. The lowest BCUT2D eigenvalue weighted by Gasteiger charge is -2.37. The Morgan fingerprint density at radius 3 is 2.25 bits per heavy atom. The second kappa shape index (κ2) is 1.09. The molecule has 0 radical (unpaired) electrons. The molecular weight excluding hydrogens is 100 g/mol. The normalized spacial score (nSPS) is 42.0. The van der Waals surface area contributed by atoms with Crippen LogP contribution in [0.25, 0.3) is 0 Å². The molecule has 2 nitrogen and oxygen atoms in total. The van der Waals surface area contributed by atoms with Crippen LogP contribution in [0.3, 0.4) is 0 Å². The van der Waals surface area contributed by atoms with Crippen molar-refractivity contribution in [2.75, 3.05) is 20.1 Å². The number of hydrogen-bond acceptors (Lipinski definition) is 2. The molecule has 2 fully saturated rings. The van der Waals surface area contributed by atoms with Crippen molar-refractivity contribution in [3.8, 4) is 0 Å². The number of rotatable bonds is 0. The lowest BCUT2D eigenvalue weighted by atomic mass is 9.97. The average Bonchev–Trinajstić information content (AvgIpc) is 2.13. The fourth-order valence-corrected chi connectivity index (χ4v) is 1.77. The molecule has 0 aromatic heterocycles. The van der Waals surface area contributed by atoms with Gasteiger partial charge in [0.15, 0.2) is 0 Å². The van der Waals surface area contributed by atoms with E-state index < -0.39 is 0 Å². The molecule has 1 heterocycles. The second-order valence-corrected chi connectivity index (χ2v) is 3.35. The Labute approximate surface area is 49.7 Å². The first-order chi connectivity index (χ1) is 3.73. The molecular formula is C6H12N2. The first kappa shape index (κ1) is 4.77. The van der Waals surface area contributed by atoms with Crippen molar-refractivity contribution >= 4 is 0 Å². The van der Waals surface area contributed by atoms with Gasteiger partial charge < -0.3 is 10.6 Å². The van der Waals surface area contributed by atoms with Crippen molar-refractivity contribution in [3.05, 3.63) is 0 Å². The Morgan fingerprint density at radius 2 is 2.12 bits per heavy atom. The van der Waals surface area contributed by atoms with E-state index in [-0.39, 0.29) is 0 Å². The minimum absolute atomic E-state index is 0.540. The van der Waals surface area contributed by atoms with Crippen LogP contribution in [0.1, 0.15) is 6.42 Å². The maximum Gasteiger partial charge on any atom is 0.0127 e. The molecule has 2 N–H and O–H groups in total. The topological polar surface area (TPSA) is 29.3 Å². The maximum absolute atomic E-state index is 5.70. The molecule has 0 aromatic rings. The molecule has 1 aliphatic heterocycles. The van der Waals surface area contributed by atoms with E-state index in [1.54, 1.807) is 0 Å². The lowest BCUT2D eigenvalue weighted by Crippen LogP contribution is -2.48. The summed E-state index contributed by atoms with van der Waals surface area (Å²) in [6.07, 6.45) is 1.28. The highest BCUT2D eigenvalue weighted by Gasteiger charge is 2.58. The summed E-state index contributed by atoms with van der Waals surface area (Å²) in [6.45, 7) is 2.49. The van der Waals surface area contributed by atoms with Crippen LogP contribution in [-0.4, -0.2) is 31.1 Å². The molecule has 2 heteroatoms. The van der Waals surface area contributed by atoms with Crippen molar-refractivity contribution in [2.24, 2.45) is 11.1 Å². The Kier molecular flexibility index (Phi) is 0.649. The van der Waals surface area contributed by atoms with Gasteiger partial charge in [-0.25, -0.2) is 0 Å². The van der Waals surface area contributed by atoms with Gasteiger partial charge in [-0.3, -0.25) is 0 Å². The van der Waals surface area contributed by atoms with Gasteiger partial charge in [-0.2, -0.15) is 0 Å². The summed E-state index contributed by atoms with van der Waals surface area (Å²) in [4.78, 5) is 2.33. The van der Waals surface area contributed by atoms with Gasteiger partial charge >= 0.3 is 0 Å². The zero-order chi connectivity index (χ0) is 5.78. The van der Waals surface area contributed by atoms with E-state index in [1.807, 2.05) is 0 Å². The molecule has 2 aliphatic rings. The van der Waals surface area contributed by atoms with Crippen LogP contribution in [-0.2, 0) is 0 Å². The summed E-state index contributed by atoms with van der Waals surface area (Å²) in [5, 5.41) is 0. The van der Waals surface area contributed by atoms with Crippen molar-refractivity contribution < 1.29 is 0 Å². The van der Waals surface area contributed by atoms with E-state index in [0.717, 1.165) is 0 Å². The molecule has 2 rings (SSSR count). The summed E-state index contributed by atoms with van der Waals surface area (Å²) in [5.41, 5.74) is 6.30. The average molecular weight is 112 g/mol. The second-order valence-electron chi connectivity index (χ2n) is 3.35.